The van der Waals surface area contributed by atoms with Crippen molar-refractivity contribution in [2.24, 2.45) is 0 Å². The van der Waals surface area contributed by atoms with Gasteiger partial charge in [0.05, 0.1) is 22.2 Å². The normalized spacial score (nSPS) is 10.5. The van der Waals surface area contributed by atoms with Crippen LogP contribution in [0.2, 0.25) is 25.1 Å². The van der Waals surface area contributed by atoms with Gasteiger partial charge in [-0.15, -0.1) is 0 Å². The Hall–Kier alpha value is -0.510. The molecule has 2 aromatic rings. The molecule has 0 amide bonds. The lowest BCUT2D eigenvalue weighted by molar-refractivity contribution is 0.379. The predicted molar refractivity (Wildman–Crippen MR) is 84.6 cm³/mol. The maximum atomic E-state index is 6.06. The molecular formula is C13H7Cl5O2. The molecule has 0 aliphatic heterocycles. The van der Waals surface area contributed by atoms with Crippen molar-refractivity contribution in [3.8, 4) is 17.2 Å². The number of ether oxygens (including phenoxy) is 2. The van der Waals surface area contributed by atoms with Crippen LogP contribution in [0.4, 0.5) is 0 Å². The highest BCUT2D eigenvalue weighted by Gasteiger charge is 2.18. The summed E-state index contributed by atoms with van der Waals surface area (Å²) in [5, 5.41) is 1.46. The summed E-state index contributed by atoms with van der Waals surface area (Å²) in [6.07, 6.45) is 0. The van der Waals surface area contributed by atoms with Crippen molar-refractivity contribution in [3.63, 3.8) is 0 Å². The Kier molecular flexibility index (Phi) is 5.16. The van der Waals surface area contributed by atoms with E-state index in [1.54, 1.807) is 18.2 Å². The second-order valence-electron chi connectivity index (χ2n) is 3.69. The third-order valence-electron chi connectivity index (χ3n) is 2.40. The lowest BCUT2D eigenvalue weighted by Crippen LogP contribution is -1.93. The van der Waals surface area contributed by atoms with Gasteiger partial charge in [-0.05, 0) is 18.2 Å². The molecule has 0 saturated heterocycles. The van der Waals surface area contributed by atoms with E-state index in [9.17, 15) is 0 Å². The molecule has 0 N–H and O–H groups in total. The fourth-order valence-corrected chi connectivity index (χ4v) is 2.60. The summed E-state index contributed by atoms with van der Waals surface area (Å²) in [6, 6.07) is 6.33. The van der Waals surface area contributed by atoms with Crippen molar-refractivity contribution >= 4 is 58.0 Å². The Morgan fingerprint density at radius 1 is 0.800 bits per heavy atom. The number of methoxy groups -OCH3 is 1. The van der Waals surface area contributed by atoms with Gasteiger partial charge in [-0.2, -0.15) is 0 Å². The summed E-state index contributed by atoms with van der Waals surface area (Å²) in [5.41, 5.74) is 0. The molecule has 0 aliphatic rings. The van der Waals surface area contributed by atoms with E-state index in [-0.39, 0.29) is 20.8 Å². The van der Waals surface area contributed by atoms with Gasteiger partial charge >= 0.3 is 0 Å². The predicted octanol–water partition coefficient (Wildman–Crippen LogP) is 6.75. The summed E-state index contributed by atoms with van der Waals surface area (Å²) in [6.45, 7) is 0. The molecule has 0 bridgehead atoms. The van der Waals surface area contributed by atoms with Crippen molar-refractivity contribution < 1.29 is 9.47 Å². The van der Waals surface area contributed by atoms with Crippen LogP contribution in [0.5, 0.6) is 17.2 Å². The minimum absolute atomic E-state index is 0.168. The molecule has 0 unspecified atom stereocenters. The highest BCUT2D eigenvalue weighted by molar-refractivity contribution is 6.48. The van der Waals surface area contributed by atoms with E-state index >= 15 is 0 Å². The molecule has 2 aromatic carbocycles. The second-order valence-corrected chi connectivity index (χ2v) is 5.70. The molecule has 0 fully saturated rings. The van der Waals surface area contributed by atoms with Crippen molar-refractivity contribution in [1.29, 1.82) is 0 Å². The maximum absolute atomic E-state index is 6.06. The van der Waals surface area contributed by atoms with Crippen LogP contribution in [0.25, 0.3) is 0 Å². The molecule has 0 radical (unpaired) electrons. The van der Waals surface area contributed by atoms with Crippen LogP contribution >= 0.6 is 58.0 Å². The first kappa shape index (κ1) is 15.9. The smallest absolute Gasteiger partial charge is 0.181 e. The average Bonchev–Trinajstić information content (AvgIpc) is 2.40. The Labute approximate surface area is 141 Å². The summed E-state index contributed by atoms with van der Waals surface area (Å²) in [4.78, 5) is 0. The van der Waals surface area contributed by atoms with Crippen LogP contribution in [-0.2, 0) is 0 Å². The van der Waals surface area contributed by atoms with E-state index in [1.165, 1.54) is 13.2 Å². The minimum Gasteiger partial charge on any atom is -0.491 e. The summed E-state index contributed by atoms with van der Waals surface area (Å²) >= 11 is 29.8. The van der Waals surface area contributed by atoms with E-state index in [0.29, 0.717) is 21.5 Å². The molecule has 0 aromatic heterocycles. The van der Waals surface area contributed by atoms with Crippen LogP contribution in [-0.4, -0.2) is 7.11 Å². The highest BCUT2D eigenvalue weighted by Crippen LogP contribution is 2.46. The second kappa shape index (κ2) is 6.50. The van der Waals surface area contributed by atoms with Crippen LogP contribution in [0.15, 0.2) is 24.3 Å². The largest absolute Gasteiger partial charge is 0.491 e. The quantitative estimate of drug-likeness (QED) is 0.555. The molecule has 2 nitrogen and oxygen atoms in total. The maximum Gasteiger partial charge on any atom is 0.181 e. The van der Waals surface area contributed by atoms with E-state index in [0.717, 1.165) is 0 Å². The Morgan fingerprint density at radius 2 is 1.50 bits per heavy atom. The number of benzene rings is 2. The van der Waals surface area contributed by atoms with E-state index in [4.69, 9.17) is 67.5 Å². The molecular weight excluding hydrogens is 365 g/mol. The first-order chi connectivity index (χ1) is 9.43. The van der Waals surface area contributed by atoms with Gasteiger partial charge in [0.25, 0.3) is 0 Å². The first-order valence-electron chi connectivity index (χ1n) is 5.28. The third-order valence-corrected chi connectivity index (χ3v) is 4.18. The SMILES string of the molecule is COc1c(Oc2ccc(Cl)cc2Cl)cc(Cl)c(Cl)c1Cl. The highest BCUT2D eigenvalue weighted by atomic mass is 35.5. The number of rotatable bonds is 3. The van der Waals surface area contributed by atoms with Gasteiger partial charge < -0.3 is 9.47 Å². The fraction of sp³-hybridized carbons (Fsp3) is 0.0769. The van der Waals surface area contributed by atoms with Gasteiger partial charge in [0.1, 0.15) is 10.8 Å². The van der Waals surface area contributed by atoms with Gasteiger partial charge in [0.2, 0.25) is 0 Å². The zero-order valence-corrected chi connectivity index (χ0v) is 13.8. The first-order valence-corrected chi connectivity index (χ1v) is 7.17. The zero-order chi connectivity index (χ0) is 14.9. The molecule has 0 aliphatic carbocycles. The molecule has 7 heteroatoms. The third kappa shape index (κ3) is 3.21. The zero-order valence-electron chi connectivity index (χ0n) is 10.0. The number of hydrogen-bond donors (Lipinski definition) is 0. The van der Waals surface area contributed by atoms with E-state index in [1.807, 2.05) is 0 Å². The molecule has 20 heavy (non-hydrogen) atoms. The monoisotopic (exact) mass is 370 g/mol. The lowest BCUT2D eigenvalue weighted by Gasteiger charge is -2.14. The van der Waals surface area contributed by atoms with Crippen LogP contribution in [0.3, 0.4) is 0 Å². The van der Waals surface area contributed by atoms with Gasteiger partial charge in [0, 0.05) is 11.1 Å². The molecule has 2 rings (SSSR count). The minimum atomic E-state index is 0.168. The average molecular weight is 372 g/mol. The molecule has 0 spiro atoms. The Balaban J connectivity index is 2.48. The summed E-state index contributed by atoms with van der Waals surface area (Å²) < 4.78 is 10.8. The molecule has 106 valence electrons. The van der Waals surface area contributed by atoms with Gasteiger partial charge in [-0.1, -0.05) is 58.0 Å². The van der Waals surface area contributed by atoms with Crippen molar-refractivity contribution in [2.45, 2.75) is 0 Å². The van der Waals surface area contributed by atoms with Gasteiger partial charge in [-0.3, -0.25) is 0 Å². The van der Waals surface area contributed by atoms with Crippen LogP contribution < -0.4 is 9.47 Å². The van der Waals surface area contributed by atoms with E-state index in [2.05, 4.69) is 0 Å². The topological polar surface area (TPSA) is 18.5 Å². The standard InChI is InChI=1S/C13H7Cl5O2/c1-19-13-10(5-8(16)11(17)12(13)18)20-9-3-2-6(14)4-7(9)15/h2-5H,1H3. The summed E-state index contributed by atoms with van der Waals surface area (Å²) in [7, 11) is 1.45. The van der Waals surface area contributed by atoms with Crippen molar-refractivity contribution in [3.05, 3.63) is 49.4 Å². The van der Waals surface area contributed by atoms with Crippen molar-refractivity contribution in [1.82, 2.24) is 0 Å². The molecule has 0 saturated carbocycles. The number of hydrogen-bond acceptors (Lipinski definition) is 2. The number of halogens is 5. The van der Waals surface area contributed by atoms with Crippen LogP contribution in [0.1, 0.15) is 0 Å². The van der Waals surface area contributed by atoms with Crippen molar-refractivity contribution in [2.75, 3.05) is 7.11 Å². The van der Waals surface area contributed by atoms with E-state index < -0.39 is 0 Å². The Morgan fingerprint density at radius 3 is 2.10 bits per heavy atom. The van der Waals surface area contributed by atoms with Gasteiger partial charge in [-0.25, -0.2) is 0 Å². The van der Waals surface area contributed by atoms with Gasteiger partial charge in [0.15, 0.2) is 11.5 Å². The molecule has 0 atom stereocenters. The fourth-order valence-electron chi connectivity index (χ4n) is 1.50. The van der Waals surface area contributed by atoms with Crippen LogP contribution in [0, 0.1) is 0 Å². The lowest BCUT2D eigenvalue weighted by atomic mass is 10.3. The Bertz CT molecular complexity index is 658. The molecule has 0 heterocycles. The summed E-state index contributed by atoms with van der Waals surface area (Å²) in [5.74, 6) is 0.965.